The normalized spacial score (nSPS) is 16.4. The zero-order valence-electron chi connectivity index (χ0n) is 12.6. The fourth-order valence-electron chi connectivity index (χ4n) is 3.20. The lowest BCUT2D eigenvalue weighted by Crippen LogP contribution is -2.42. The van der Waals surface area contributed by atoms with Crippen LogP contribution in [-0.2, 0) is 16.8 Å². The van der Waals surface area contributed by atoms with Crippen molar-refractivity contribution in [3.05, 3.63) is 42.0 Å². The molecule has 0 bridgehead atoms. The van der Waals surface area contributed by atoms with E-state index in [4.69, 9.17) is 4.74 Å². The molecule has 1 saturated carbocycles. The van der Waals surface area contributed by atoms with E-state index in [1.807, 2.05) is 24.3 Å². The summed E-state index contributed by atoms with van der Waals surface area (Å²) >= 11 is 0. The Kier molecular flexibility index (Phi) is 4.09. The lowest BCUT2D eigenvalue weighted by molar-refractivity contribution is -0.126. The number of nitrogens with one attached hydrogen (secondary N) is 2. The highest BCUT2D eigenvalue weighted by atomic mass is 16.5. The van der Waals surface area contributed by atoms with Gasteiger partial charge in [0.1, 0.15) is 17.9 Å². The zero-order chi connectivity index (χ0) is 15.4. The second kappa shape index (κ2) is 6.17. The summed E-state index contributed by atoms with van der Waals surface area (Å²) in [6, 6.07) is 7.83. The lowest BCUT2D eigenvalue weighted by Gasteiger charge is -2.28. The van der Waals surface area contributed by atoms with E-state index in [1.54, 1.807) is 7.11 Å². The summed E-state index contributed by atoms with van der Waals surface area (Å²) in [5.41, 5.74) is 0.564. The first kappa shape index (κ1) is 14.6. The Hall–Kier alpha value is -2.37. The molecule has 1 aliphatic rings. The van der Waals surface area contributed by atoms with Crippen molar-refractivity contribution in [2.45, 2.75) is 37.6 Å². The van der Waals surface area contributed by atoms with Crippen molar-refractivity contribution in [1.29, 1.82) is 0 Å². The van der Waals surface area contributed by atoms with Crippen LogP contribution in [0.25, 0.3) is 0 Å². The number of nitrogens with zero attached hydrogens (tertiary/aromatic N) is 2. The minimum atomic E-state index is -0.464. The molecule has 3 rings (SSSR count). The maximum Gasteiger partial charge on any atom is 0.231 e. The Morgan fingerprint density at radius 2 is 2.23 bits per heavy atom. The second-order valence-electron chi connectivity index (χ2n) is 5.64. The van der Waals surface area contributed by atoms with Crippen molar-refractivity contribution >= 4 is 5.91 Å². The third kappa shape index (κ3) is 2.68. The number of rotatable bonds is 5. The Morgan fingerprint density at radius 3 is 2.91 bits per heavy atom. The van der Waals surface area contributed by atoms with Gasteiger partial charge in [-0.05, 0) is 30.5 Å². The molecule has 1 amide bonds. The molecule has 0 radical (unpaired) electrons. The number of aromatic amines is 1. The van der Waals surface area contributed by atoms with Crippen LogP contribution in [-0.4, -0.2) is 28.2 Å². The third-order valence-electron chi connectivity index (χ3n) is 4.40. The summed E-state index contributed by atoms with van der Waals surface area (Å²) in [7, 11) is 1.64. The third-order valence-corrected chi connectivity index (χ3v) is 4.40. The van der Waals surface area contributed by atoms with Crippen molar-refractivity contribution in [1.82, 2.24) is 20.5 Å². The minimum Gasteiger partial charge on any atom is -0.497 e. The van der Waals surface area contributed by atoms with E-state index in [9.17, 15) is 4.79 Å². The molecule has 1 fully saturated rings. The van der Waals surface area contributed by atoms with Crippen LogP contribution in [0.4, 0.5) is 0 Å². The largest absolute Gasteiger partial charge is 0.497 e. The summed E-state index contributed by atoms with van der Waals surface area (Å²) in [5.74, 6) is 1.49. The average molecular weight is 300 g/mol. The SMILES string of the molecule is COc1cccc(C2(C(=O)NCc3ncn[nH]3)CCCC2)c1. The van der Waals surface area contributed by atoms with E-state index < -0.39 is 5.41 Å². The van der Waals surface area contributed by atoms with Crippen molar-refractivity contribution < 1.29 is 9.53 Å². The van der Waals surface area contributed by atoms with Crippen LogP contribution in [0.5, 0.6) is 5.75 Å². The maximum atomic E-state index is 12.8. The smallest absolute Gasteiger partial charge is 0.231 e. The van der Waals surface area contributed by atoms with Gasteiger partial charge in [0.25, 0.3) is 0 Å². The van der Waals surface area contributed by atoms with Gasteiger partial charge in [-0.25, -0.2) is 4.98 Å². The first-order valence-corrected chi connectivity index (χ1v) is 7.52. The molecule has 0 aliphatic heterocycles. The number of hydrogen-bond donors (Lipinski definition) is 2. The molecule has 0 saturated heterocycles. The number of methoxy groups -OCH3 is 1. The van der Waals surface area contributed by atoms with Gasteiger partial charge >= 0.3 is 0 Å². The number of carbonyl (C=O) groups is 1. The van der Waals surface area contributed by atoms with Gasteiger partial charge in [-0.15, -0.1) is 0 Å². The molecule has 116 valence electrons. The van der Waals surface area contributed by atoms with E-state index >= 15 is 0 Å². The summed E-state index contributed by atoms with van der Waals surface area (Å²) in [6.45, 7) is 0.366. The summed E-state index contributed by atoms with van der Waals surface area (Å²) < 4.78 is 5.30. The van der Waals surface area contributed by atoms with Gasteiger partial charge in [-0.1, -0.05) is 25.0 Å². The Balaban J connectivity index is 1.82. The highest BCUT2D eigenvalue weighted by Crippen LogP contribution is 2.42. The first-order valence-electron chi connectivity index (χ1n) is 7.52. The molecule has 2 aromatic rings. The van der Waals surface area contributed by atoms with E-state index in [0.29, 0.717) is 12.4 Å². The predicted octanol–water partition coefficient (Wildman–Crippen LogP) is 1.94. The molecular weight excluding hydrogens is 280 g/mol. The summed E-state index contributed by atoms with van der Waals surface area (Å²) in [5, 5.41) is 9.54. The standard InChI is InChI=1S/C16H20N4O2/c1-22-13-6-4-5-12(9-13)16(7-2-3-8-16)15(21)17-10-14-18-11-19-20-14/h4-6,9,11H,2-3,7-8,10H2,1H3,(H,17,21)(H,18,19,20). The predicted molar refractivity (Wildman–Crippen MR) is 81.4 cm³/mol. The summed E-state index contributed by atoms with van der Waals surface area (Å²) in [4.78, 5) is 16.9. The van der Waals surface area contributed by atoms with E-state index in [2.05, 4.69) is 20.5 Å². The van der Waals surface area contributed by atoms with Crippen molar-refractivity contribution in [2.24, 2.45) is 0 Å². The number of H-pyrrole nitrogens is 1. The minimum absolute atomic E-state index is 0.0506. The van der Waals surface area contributed by atoms with Gasteiger partial charge in [0.2, 0.25) is 5.91 Å². The van der Waals surface area contributed by atoms with Crippen LogP contribution in [0.3, 0.4) is 0 Å². The van der Waals surface area contributed by atoms with Crippen LogP contribution in [0.1, 0.15) is 37.1 Å². The van der Waals surface area contributed by atoms with Crippen LogP contribution in [0.15, 0.2) is 30.6 Å². The van der Waals surface area contributed by atoms with Crippen LogP contribution in [0, 0.1) is 0 Å². The zero-order valence-corrected chi connectivity index (χ0v) is 12.6. The molecule has 6 nitrogen and oxygen atoms in total. The topological polar surface area (TPSA) is 79.9 Å². The maximum absolute atomic E-state index is 12.8. The fourth-order valence-corrected chi connectivity index (χ4v) is 3.20. The van der Waals surface area contributed by atoms with Crippen LogP contribution < -0.4 is 10.1 Å². The van der Waals surface area contributed by atoms with Gasteiger partial charge in [0.15, 0.2) is 0 Å². The first-order chi connectivity index (χ1) is 10.7. The van der Waals surface area contributed by atoms with Crippen molar-refractivity contribution in [3.63, 3.8) is 0 Å². The quantitative estimate of drug-likeness (QED) is 0.884. The average Bonchev–Trinajstić information content (AvgIpc) is 3.24. The molecule has 1 aliphatic carbocycles. The van der Waals surface area contributed by atoms with Crippen molar-refractivity contribution in [2.75, 3.05) is 7.11 Å². The molecule has 22 heavy (non-hydrogen) atoms. The van der Waals surface area contributed by atoms with E-state index in [0.717, 1.165) is 37.0 Å². The molecular formula is C16H20N4O2. The fraction of sp³-hybridized carbons (Fsp3) is 0.438. The number of amides is 1. The number of hydrogen-bond acceptors (Lipinski definition) is 4. The molecule has 1 aromatic carbocycles. The number of ether oxygens (including phenoxy) is 1. The van der Waals surface area contributed by atoms with Gasteiger partial charge in [-0.2, -0.15) is 5.10 Å². The molecule has 6 heteroatoms. The molecule has 0 atom stereocenters. The van der Waals surface area contributed by atoms with Crippen molar-refractivity contribution in [3.8, 4) is 5.75 Å². The lowest BCUT2D eigenvalue weighted by atomic mass is 9.78. The monoisotopic (exact) mass is 300 g/mol. The van der Waals surface area contributed by atoms with E-state index in [-0.39, 0.29) is 5.91 Å². The molecule has 0 spiro atoms. The Labute approximate surface area is 129 Å². The van der Waals surface area contributed by atoms with Gasteiger partial charge in [-0.3, -0.25) is 9.89 Å². The molecule has 2 N–H and O–H groups in total. The molecule has 1 aromatic heterocycles. The van der Waals surface area contributed by atoms with E-state index in [1.165, 1.54) is 6.33 Å². The Morgan fingerprint density at radius 1 is 1.41 bits per heavy atom. The van der Waals surface area contributed by atoms with Gasteiger partial charge < -0.3 is 10.1 Å². The number of aromatic nitrogens is 3. The van der Waals surface area contributed by atoms with Crippen LogP contribution in [0.2, 0.25) is 0 Å². The highest BCUT2D eigenvalue weighted by Gasteiger charge is 2.42. The number of benzene rings is 1. The molecule has 1 heterocycles. The second-order valence-corrected chi connectivity index (χ2v) is 5.64. The van der Waals surface area contributed by atoms with Gasteiger partial charge in [0, 0.05) is 0 Å². The van der Waals surface area contributed by atoms with Crippen LogP contribution >= 0.6 is 0 Å². The Bertz CT molecular complexity index is 633. The number of carbonyl (C=O) groups excluding carboxylic acids is 1. The highest BCUT2D eigenvalue weighted by molar-refractivity contribution is 5.88. The summed E-state index contributed by atoms with van der Waals surface area (Å²) in [6.07, 6.45) is 5.29. The van der Waals surface area contributed by atoms with Gasteiger partial charge in [0.05, 0.1) is 19.1 Å². The molecule has 0 unspecified atom stereocenters.